The molecule has 0 spiro atoms. The molecule has 0 saturated heterocycles. The van der Waals surface area contributed by atoms with Gasteiger partial charge in [-0.2, -0.15) is 0 Å². The van der Waals surface area contributed by atoms with Gasteiger partial charge in [0.2, 0.25) is 0 Å². The summed E-state index contributed by atoms with van der Waals surface area (Å²) in [6.07, 6.45) is 6.36. The molecule has 1 fully saturated rings. The van der Waals surface area contributed by atoms with Gasteiger partial charge in [-0.3, -0.25) is 4.79 Å². The Kier molecular flexibility index (Phi) is 4.87. The molecule has 0 aliphatic heterocycles. The third-order valence-corrected chi connectivity index (χ3v) is 4.42. The molecule has 0 atom stereocenters. The lowest BCUT2D eigenvalue weighted by atomic mass is 9.76. The molecule has 104 valence electrons. The highest BCUT2D eigenvalue weighted by atomic mass is 35.5. The summed E-state index contributed by atoms with van der Waals surface area (Å²) in [5.41, 5.74) is 2.04. The summed E-state index contributed by atoms with van der Waals surface area (Å²) in [6, 6.07) is 7.50. The molecule has 1 aromatic carbocycles. The van der Waals surface area contributed by atoms with Gasteiger partial charge >= 0.3 is 0 Å². The maximum atomic E-state index is 12.1. The molecule has 19 heavy (non-hydrogen) atoms. The summed E-state index contributed by atoms with van der Waals surface area (Å²) >= 11 is 5.74. The quantitative estimate of drug-likeness (QED) is 0.825. The van der Waals surface area contributed by atoms with Crippen LogP contribution in [0.1, 0.15) is 54.9 Å². The molecule has 0 heterocycles. The predicted molar refractivity (Wildman–Crippen MR) is 79.5 cm³/mol. The summed E-state index contributed by atoms with van der Waals surface area (Å²) < 4.78 is 0. The Morgan fingerprint density at radius 3 is 2.42 bits per heavy atom. The van der Waals surface area contributed by atoms with Crippen LogP contribution in [0, 0.1) is 5.41 Å². The van der Waals surface area contributed by atoms with Crippen LogP contribution in [0.2, 0.25) is 0 Å². The lowest BCUT2D eigenvalue weighted by molar-refractivity contribution is 0.0919. The number of hydrogen-bond donors (Lipinski definition) is 1. The highest BCUT2D eigenvalue weighted by Crippen LogP contribution is 2.34. The van der Waals surface area contributed by atoms with Crippen LogP contribution < -0.4 is 5.32 Å². The third-order valence-electron chi connectivity index (χ3n) is 4.11. The van der Waals surface area contributed by atoms with Crippen molar-refractivity contribution in [1.29, 1.82) is 0 Å². The van der Waals surface area contributed by atoms with Gasteiger partial charge in [0.1, 0.15) is 0 Å². The topological polar surface area (TPSA) is 29.1 Å². The molecule has 3 heteroatoms. The molecule has 0 unspecified atom stereocenters. The van der Waals surface area contributed by atoms with Gasteiger partial charge in [-0.15, -0.1) is 11.6 Å². The van der Waals surface area contributed by atoms with Gasteiger partial charge in [-0.1, -0.05) is 38.3 Å². The summed E-state index contributed by atoms with van der Waals surface area (Å²) in [4.78, 5) is 12.1. The molecule has 1 aliphatic carbocycles. The monoisotopic (exact) mass is 279 g/mol. The third kappa shape index (κ3) is 3.97. The van der Waals surface area contributed by atoms with E-state index in [4.69, 9.17) is 11.6 Å². The minimum Gasteiger partial charge on any atom is -0.351 e. The van der Waals surface area contributed by atoms with Gasteiger partial charge in [0.15, 0.2) is 0 Å². The summed E-state index contributed by atoms with van der Waals surface area (Å²) in [6.45, 7) is 3.06. The molecule has 0 bridgehead atoms. The van der Waals surface area contributed by atoms with E-state index in [0.717, 1.165) is 12.1 Å². The van der Waals surface area contributed by atoms with Gasteiger partial charge in [0.05, 0.1) is 0 Å². The Balaban J connectivity index is 1.89. The van der Waals surface area contributed by atoms with Crippen molar-refractivity contribution in [2.24, 2.45) is 5.41 Å². The van der Waals surface area contributed by atoms with Gasteiger partial charge in [-0.05, 0) is 36.0 Å². The Morgan fingerprint density at radius 2 is 1.84 bits per heavy atom. The van der Waals surface area contributed by atoms with E-state index in [9.17, 15) is 4.79 Å². The van der Waals surface area contributed by atoms with E-state index in [2.05, 4.69) is 12.2 Å². The molecule has 1 saturated carbocycles. The molecule has 1 aliphatic rings. The van der Waals surface area contributed by atoms with E-state index in [1.54, 1.807) is 0 Å². The lowest BCUT2D eigenvalue weighted by Crippen LogP contribution is -2.37. The maximum absolute atomic E-state index is 12.1. The smallest absolute Gasteiger partial charge is 0.251 e. The van der Waals surface area contributed by atoms with Crippen LogP contribution in [0.3, 0.4) is 0 Å². The summed E-state index contributed by atoms with van der Waals surface area (Å²) in [7, 11) is 0. The van der Waals surface area contributed by atoms with Gasteiger partial charge < -0.3 is 5.32 Å². The van der Waals surface area contributed by atoms with Crippen molar-refractivity contribution in [3.8, 4) is 0 Å². The van der Waals surface area contributed by atoms with Crippen LogP contribution in [-0.2, 0) is 5.88 Å². The Morgan fingerprint density at radius 1 is 1.21 bits per heavy atom. The largest absolute Gasteiger partial charge is 0.351 e. The summed E-state index contributed by atoms with van der Waals surface area (Å²) in [5.74, 6) is 0.507. The van der Waals surface area contributed by atoms with Crippen molar-refractivity contribution in [2.75, 3.05) is 6.54 Å². The zero-order chi connectivity index (χ0) is 13.7. The Bertz CT molecular complexity index is 421. The van der Waals surface area contributed by atoms with E-state index < -0.39 is 0 Å². The number of halogens is 1. The van der Waals surface area contributed by atoms with Crippen molar-refractivity contribution < 1.29 is 4.79 Å². The van der Waals surface area contributed by atoms with Crippen molar-refractivity contribution in [1.82, 2.24) is 5.32 Å². The van der Waals surface area contributed by atoms with Crippen LogP contribution >= 0.6 is 11.6 Å². The van der Waals surface area contributed by atoms with E-state index in [0.29, 0.717) is 11.4 Å². The Labute approximate surface area is 120 Å². The predicted octanol–water partition coefficient (Wildman–Crippen LogP) is 4.13. The molecule has 1 N–H and O–H groups in total. The SMILES string of the molecule is CC1(CNC(=O)c2ccc(CCl)cc2)CCCCC1. The van der Waals surface area contributed by atoms with Crippen LogP contribution in [0.4, 0.5) is 0 Å². The fraction of sp³-hybridized carbons (Fsp3) is 0.562. The fourth-order valence-corrected chi connectivity index (χ4v) is 2.90. The Hall–Kier alpha value is -1.02. The highest BCUT2D eigenvalue weighted by Gasteiger charge is 2.27. The normalized spacial score (nSPS) is 18.0. The van der Waals surface area contributed by atoms with Crippen molar-refractivity contribution in [3.05, 3.63) is 35.4 Å². The standard InChI is InChI=1S/C16H22ClNO/c1-16(9-3-2-4-10-16)12-18-15(19)14-7-5-13(11-17)6-8-14/h5-8H,2-4,9-12H2,1H3,(H,18,19). The highest BCUT2D eigenvalue weighted by molar-refractivity contribution is 6.17. The molecule has 0 aromatic heterocycles. The number of carbonyl (C=O) groups is 1. The number of rotatable bonds is 4. The molecular formula is C16H22ClNO. The van der Waals surface area contributed by atoms with Crippen LogP contribution in [0.25, 0.3) is 0 Å². The first-order valence-electron chi connectivity index (χ1n) is 7.06. The zero-order valence-electron chi connectivity index (χ0n) is 11.5. The maximum Gasteiger partial charge on any atom is 0.251 e. The van der Waals surface area contributed by atoms with Gasteiger partial charge in [0.25, 0.3) is 5.91 Å². The molecule has 1 aromatic rings. The van der Waals surface area contributed by atoms with Crippen LogP contribution in [0.5, 0.6) is 0 Å². The van der Waals surface area contributed by atoms with Gasteiger partial charge in [-0.25, -0.2) is 0 Å². The second-order valence-corrected chi connectivity index (χ2v) is 6.15. The molecule has 1 amide bonds. The van der Waals surface area contributed by atoms with E-state index in [1.807, 2.05) is 24.3 Å². The fourth-order valence-electron chi connectivity index (χ4n) is 2.72. The number of nitrogens with one attached hydrogen (secondary N) is 1. The van der Waals surface area contributed by atoms with Crippen molar-refractivity contribution in [3.63, 3.8) is 0 Å². The van der Waals surface area contributed by atoms with Crippen molar-refractivity contribution in [2.45, 2.75) is 44.9 Å². The average molecular weight is 280 g/mol. The van der Waals surface area contributed by atoms with Crippen molar-refractivity contribution >= 4 is 17.5 Å². The lowest BCUT2D eigenvalue weighted by Gasteiger charge is -2.33. The number of carbonyl (C=O) groups excluding carboxylic acids is 1. The minimum atomic E-state index is 0.0212. The molecule has 2 rings (SSSR count). The van der Waals surface area contributed by atoms with Crippen LogP contribution in [0.15, 0.2) is 24.3 Å². The first-order valence-corrected chi connectivity index (χ1v) is 7.60. The molecule has 0 radical (unpaired) electrons. The second kappa shape index (κ2) is 6.42. The molecular weight excluding hydrogens is 258 g/mol. The first-order chi connectivity index (χ1) is 9.13. The number of benzene rings is 1. The first kappa shape index (κ1) is 14.4. The van der Waals surface area contributed by atoms with Crippen LogP contribution in [-0.4, -0.2) is 12.5 Å². The van der Waals surface area contributed by atoms with E-state index >= 15 is 0 Å². The minimum absolute atomic E-state index is 0.0212. The summed E-state index contributed by atoms with van der Waals surface area (Å²) in [5, 5.41) is 3.07. The second-order valence-electron chi connectivity index (χ2n) is 5.88. The zero-order valence-corrected chi connectivity index (χ0v) is 12.3. The van der Waals surface area contributed by atoms with Gasteiger partial charge in [0, 0.05) is 18.0 Å². The molecule has 2 nitrogen and oxygen atoms in total. The number of hydrogen-bond acceptors (Lipinski definition) is 1. The number of amides is 1. The number of alkyl halides is 1. The average Bonchev–Trinajstić information content (AvgIpc) is 2.46. The van der Waals surface area contributed by atoms with E-state index in [-0.39, 0.29) is 11.3 Å². The van der Waals surface area contributed by atoms with E-state index in [1.165, 1.54) is 32.1 Å².